The number of carbonyl (C=O) groups excluding carboxylic acids is 1. The number of pyridine rings is 1. The van der Waals surface area contributed by atoms with Crippen molar-refractivity contribution in [3.63, 3.8) is 0 Å². The van der Waals surface area contributed by atoms with Crippen molar-refractivity contribution in [1.29, 1.82) is 0 Å². The Balaban J connectivity index is 1.59. The van der Waals surface area contributed by atoms with Crippen LogP contribution >= 0.6 is 0 Å². The molecule has 1 aliphatic rings. The number of carbonyl (C=O) groups is 1. The van der Waals surface area contributed by atoms with Crippen LogP contribution in [-0.4, -0.2) is 63.7 Å². The molecule has 4 heterocycles. The zero-order valence-electron chi connectivity index (χ0n) is 14.5. The average Bonchev–Trinajstić information content (AvgIpc) is 3.25. The Labute approximate surface area is 149 Å². The first-order valence-electron chi connectivity index (χ1n) is 8.23. The maximum atomic E-state index is 12.7. The lowest BCUT2D eigenvalue weighted by Gasteiger charge is -2.26. The second-order valence-electron chi connectivity index (χ2n) is 5.84. The van der Waals surface area contributed by atoms with Crippen molar-refractivity contribution in [2.45, 2.75) is 0 Å². The van der Waals surface area contributed by atoms with E-state index in [0.717, 1.165) is 13.1 Å². The summed E-state index contributed by atoms with van der Waals surface area (Å²) in [4.78, 5) is 19.2. The summed E-state index contributed by atoms with van der Waals surface area (Å²) in [5.41, 5.74) is 0.986. The molecule has 0 radical (unpaired) electrons. The number of rotatable bonds is 4. The van der Waals surface area contributed by atoms with Gasteiger partial charge >= 0.3 is 0 Å². The molecule has 136 valence electrons. The average molecular weight is 357 g/mol. The van der Waals surface area contributed by atoms with Crippen molar-refractivity contribution in [3.05, 3.63) is 30.1 Å². The Morgan fingerprint density at radius 2 is 2.15 bits per heavy atom. The van der Waals surface area contributed by atoms with E-state index in [1.165, 1.54) is 6.20 Å². The fourth-order valence-electron chi connectivity index (χ4n) is 2.98. The summed E-state index contributed by atoms with van der Waals surface area (Å²) in [6, 6.07) is 3.58. The van der Waals surface area contributed by atoms with Crippen LogP contribution < -0.4 is 15.0 Å². The van der Waals surface area contributed by atoms with Crippen molar-refractivity contribution in [2.75, 3.05) is 43.6 Å². The normalized spacial score (nSPS) is 14.6. The van der Waals surface area contributed by atoms with Gasteiger partial charge in [-0.1, -0.05) is 0 Å². The predicted molar refractivity (Wildman–Crippen MR) is 93.7 cm³/mol. The molecule has 0 aromatic carbocycles. The molecule has 0 bridgehead atoms. The Hall–Kier alpha value is -3.14. The first-order chi connectivity index (χ1) is 12.7. The van der Waals surface area contributed by atoms with Crippen molar-refractivity contribution >= 4 is 23.3 Å². The zero-order valence-corrected chi connectivity index (χ0v) is 14.5. The number of nitrogens with one attached hydrogen (secondary N) is 1. The Bertz CT molecular complexity index is 943. The third-order valence-electron chi connectivity index (χ3n) is 4.23. The summed E-state index contributed by atoms with van der Waals surface area (Å²) in [7, 11) is 3.35. The van der Waals surface area contributed by atoms with E-state index in [1.54, 1.807) is 41.7 Å². The van der Waals surface area contributed by atoms with E-state index >= 15 is 0 Å². The maximum Gasteiger partial charge on any atom is 0.262 e. The summed E-state index contributed by atoms with van der Waals surface area (Å²) in [5, 5.41) is 11.2. The highest BCUT2D eigenvalue weighted by molar-refractivity contribution is 6.09. The number of nitrogens with zero attached hydrogens (tertiary/aromatic N) is 6. The van der Waals surface area contributed by atoms with Gasteiger partial charge in [0.15, 0.2) is 0 Å². The van der Waals surface area contributed by atoms with Gasteiger partial charge in [-0.3, -0.25) is 10.1 Å². The number of amides is 1. The number of anilines is 2. The highest BCUT2D eigenvalue weighted by Gasteiger charge is 2.21. The fourth-order valence-corrected chi connectivity index (χ4v) is 2.98. The topological polar surface area (TPSA) is 98.8 Å². The second-order valence-corrected chi connectivity index (χ2v) is 5.84. The molecular weight excluding hydrogens is 338 g/mol. The minimum Gasteiger partial charge on any atom is -0.494 e. The molecule has 0 saturated carbocycles. The lowest BCUT2D eigenvalue weighted by atomic mass is 10.2. The lowest BCUT2D eigenvalue weighted by Crippen LogP contribution is -2.37. The molecule has 0 atom stereocenters. The number of fused-ring (bicyclic) bond motifs is 1. The van der Waals surface area contributed by atoms with Crippen molar-refractivity contribution in [3.8, 4) is 5.75 Å². The van der Waals surface area contributed by atoms with Gasteiger partial charge in [0, 0.05) is 26.3 Å². The summed E-state index contributed by atoms with van der Waals surface area (Å²) in [5.74, 6) is 1.16. The van der Waals surface area contributed by atoms with Gasteiger partial charge in [-0.2, -0.15) is 10.1 Å². The van der Waals surface area contributed by atoms with E-state index in [-0.39, 0.29) is 11.9 Å². The molecule has 1 aliphatic heterocycles. The van der Waals surface area contributed by atoms with E-state index in [9.17, 15) is 4.79 Å². The van der Waals surface area contributed by atoms with Crippen LogP contribution in [0.3, 0.4) is 0 Å². The zero-order chi connectivity index (χ0) is 18.1. The summed E-state index contributed by atoms with van der Waals surface area (Å²) < 4.78 is 13.9. The predicted octanol–water partition coefficient (Wildman–Crippen LogP) is 0.560. The maximum absolute atomic E-state index is 12.7. The molecule has 0 spiro atoms. The van der Waals surface area contributed by atoms with Gasteiger partial charge < -0.3 is 14.4 Å². The van der Waals surface area contributed by atoms with Gasteiger partial charge in [0.1, 0.15) is 11.3 Å². The number of morpholine rings is 1. The molecule has 3 aromatic heterocycles. The van der Waals surface area contributed by atoms with E-state index in [0.29, 0.717) is 36.0 Å². The summed E-state index contributed by atoms with van der Waals surface area (Å²) in [6.07, 6.45) is 3.25. The molecular formula is C16H19N7O3. The molecule has 1 fully saturated rings. The van der Waals surface area contributed by atoms with Gasteiger partial charge in [-0.25, -0.2) is 9.20 Å². The monoisotopic (exact) mass is 357 g/mol. The van der Waals surface area contributed by atoms with E-state index in [4.69, 9.17) is 9.47 Å². The smallest absolute Gasteiger partial charge is 0.262 e. The Morgan fingerprint density at radius 1 is 1.35 bits per heavy atom. The van der Waals surface area contributed by atoms with Crippen LogP contribution in [0.4, 0.5) is 11.9 Å². The highest BCUT2D eigenvalue weighted by Crippen LogP contribution is 2.23. The van der Waals surface area contributed by atoms with Crippen LogP contribution in [0.15, 0.2) is 24.5 Å². The van der Waals surface area contributed by atoms with Gasteiger partial charge in [0.25, 0.3) is 11.9 Å². The van der Waals surface area contributed by atoms with Crippen LogP contribution in [0.1, 0.15) is 10.4 Å². The number of methoxy groups -OCH3 is 1. The van der Waals surface area contributed by atoms with Gasteiger partial charge in [-0.05, 0) is 12.1 Å². The Morgan fingerprint density at radius 3 is 2.92 bits per heavy atom. The fraction of sp³-hybridized carbons (Fsp3) is 0.375. The first kappa shape index (κ1) is 16.3. The van der Waals surface area contributed by atoms with Crippen LogP contribution in [0, 0.1) is 0 Å². The van der Waals surface area contributed by atoms with E-state index in [2.05, 4.69) is 25.4 Å². The molecule has 0 aliphatic carbocycles. The highest BCUT2D eigenvalue weighted by atomic mass is 16.5. The lowest BCUT2D eigenvalue weighted by molar-refractivity contribution is 0.102. The van der Waals surface area contributed by atoms with Crippen LogP contribution in [0.2, 0.25) is 0 Å². The van der Waals surface area contributed by atoms with E-state index < -0.39 is 0 Å². The summed E-state index contributed by atoms with van der Waals surface area (Å²) >= 11 is 0. The number of ether oxygens (including phenoxy) is 2. The molecule has 26 heavy (non-hydrogen) atoms. The third kappa shape index (κ3) is 2.84. The molecule has 1 amide bonds. The molecule has 1 saturated heterocycles. The molecule has 10 nitrogen and oxygen atoms in total. The third-order valence-corrected chi connectivity index (χ3v) is 4.23. The summed E-state index contributed by atoms with van der Waals surface area (Å²) in [6.45, 7) is 2.78. The van der Waals surface area contributed by atoms with E-state index in [1.807, 2.05) is 0 Å². The number of hydrogen-bond acceptors (Lipinski definition) is 7. The Kier molecular flexibility index (Phi) is 4.17. The number of aromatic nitrogens is 5. The van der Waals surface area contributed by atoms with Gasteiger partial charge in [0.2, 0.25) is 5.95 Å². The van der Waals surface area contributed by atoms with Crippen LogP contribution in [0.25, 0.3) is 5.52 Å². The molecule has 1 N–H and O–H groups in total. The van der Waals surface area contributed by atoms with Gasteiger partial charge in [0.05, 0.1) is 32.1 Å². The minimum absolute atomic E-state index is 0.244. The van der Waals surface area contributed by atoms with Crippen LogP contribution in [-0.2, 0) is 11.8 Å². The molecule has 4 rings (SSSR count). The van der Waals surface area contributed by atoms with Gasteiger partial charge in [-0.15, -0.1) is 5.10 Å². The number of hydrogen-bond donors (Lipinski definition) is 1. The van der Waals surface area contributed by atoms with Crippen molar-refractivity contribution in [1.82, 2.24) is 24.4 Å². The van der Waals surface area contributed by atoms with Crippen molar-refractivity contribution in [2.24, 2.45) is 7.05 Å². The quantitative estimate of drug-likeness (QED) is 0.728. The SMILES string of the molecule is COc1cccn2ncc(C(=O)Nc3nc(N4CCOCC4)n(C)n3)c12. The first-order valence-corrected chi connectivity index (χ1v) is 8.23. The largest absolute Gasteiger partial charge is 0.494 e. The molecule has 0 unspecified atom stereocenters. The van der Waals surface area contributed by atoms with Crippen LogP contribution in [0.5, 0.6) is 5.75 Å². The second kappa shape index (κ2) is 6.64. The molecule has 10 heteroatoms. The standard InChI is InChI=1S/C16H19N7O3/c1-21-16(22-6-8-26-9-7-22)19-15(20-21)18-14(24)11-10-17-23-5-3-4-12(25-2)13(11)23/h3-5,10H,6-9H2,1-2H3,(H,18,20,24). The minimum atomic E-state index is -0.344. The molecule has 3 aromatic rings. The van der Waals surface area contributed by atoms with Crippen molar-refractivity contribution < 1.29 is 14.3 Å². The number of aryl methyl sites for hydroxylation is 1.